The predicted molar refractivity (Wildman–Crippen MR) is 81.0 cm³/mol. The van der Waals surface area contributed by atoms with E-state index in [0.29, 0.717) is 23.4 Å². The minimum Gasteiger partial charge on any atom is -0.381 e. The van der Waals surface area contributed by atoms with Crippen molar-refractivity contribution in [1.82, 2.24) is 0 Å². The van der Waals surface area contributed by atoms with E-state index in [2.05, 4.69) is 11.4 Å². The van der Waals surface area contributed by atoms with E-state index in [0.717, 1.165) is 5.56 Å². The van der Waals surface area contributed by atoms with Crippen LogP contribution < -0.4 is 10.5 Å². The molecule has 0 spiro atoms. The Labute approximate surface area is 124 Å². The minimum absolute atomic E-state index is 0.110. The molecule has 0 radical (unpaired) electrons. The summed E-state index contributed by atoms with van der Waals surface area (Å²) < 4.78 is 23.0. The third kappa shape index (κ3) is 3.81. The predicted octanol–water partition coefficient (Wildman–Crippen LogP) is 2.13. The molecule has 2 rings (SSSR count). The highest BCUT2D eigenvalue weighted by Crippen LogP contribution is 2.19. The van der Waals surface area contributed by atoms with E-state index in [1.165, 1.54) is 6.07 Å². The van der Waals surface area contributed by atoms with Gasteiger partial charge in [0, 0.05) is 12.2 Å². The van der Waals surface area contributed by atoms with Gasteiger partial charge in [-0.1, -0.05) is 18.2 Å². The highest BCUT2D eigenvalue weighted by molar-refractivity contribution is 7.89. The van der Waals surface area contributed by atoms with Gasteiger partial charge in [-0.2, -0.15) is 5.26 Å². The van der Waals surface area contributed by atoms with Gasteiger partial charge in [0.25, 0.3) is 0 Å². The molecule has 0 aromatic heterocycles. The Morgan fingerprint density at radius 1 is 1.24 bits per heavy atom. The molecule has 0 bridgehead atoms. The zero-order chi connectivity index (χ0) is 15.5. The molecule has 0 heterocycles. The molecule has 0 atom stereocenters. The maximum absolute atomic E-state index is 11.5. The van der Waals surface area contributed by atoms with Crippen LogP contribution >= 0.6 is 0 Å². The summed E-state index contributed by atoms with van der Waals surface area (Å²) in [6.07, 6.45) is 0. The number of benzene rings is 2. The van der Waals surface area contributed by atoms with Gasteiger partial charge in [-0.15, -0.1) is 0 Å². The Morgan fingerprint density at radius 2 is 2.00 bits per heavy atom. The average Bonchev–Trinajstić information content (AvgIpc) is 2.45. The maximum Gasteiger partial charge on any atom is 0.238 e. The number of anilines is 1. The number of hydrogen-bond donors (Lipinski definition) is 2. The number of primary sulfonamides is 1. The summed E-state index contributed by atoms with van der Waals surface area (Å²) in [5, 5.41) is 17.2. The number of hydrogen-bond acceptors (Lipinski definition) is 4. The number of sulfonamides is 1. The first kappa shape index (κ1) is 15.0. The zero-order valence-corrected chi connectivity index (χ0v) is 12.3. The van der Waals surface area contributed by atoms with E-state index in [1.807, 2.05) is 6.07 Å². The lowest BCUT2D eigenvalue weighted by atomic mass is 10.1. The zero-order valence-electron chi connectivity index (χ0n) is 11.5. The van der Waals surface area contributed by atoms with Gasteiger partial charge < -0.3 is 5.32 Å². The summed E-state index contributed by atoms with van der Waals surface area (Å²) in [6, 6.07) is 14.3. The Morgan fingerprint density at radius 3 is 2.67 bits per heavy atom. The Balaban J connectivity index is 2.19. The van der Waals surface area contributed by atoms with Crippen molar-refractivity contribution in [2.24, 2.45) is 5.14 Å². The van der Waals surface area contributed by atoms with Crippen LogP contribution in [0.4, 0.5) is 5.69 Å². The van der Waals surface area contributed by atoms with E-state index in [9.17, 15) is 8.42 Å². The van der Waals surface area contributed by atoms with Crippen molar-refractivity contribution in [3.63, 3.8) is 0 Å². The highest BCUT2D eigenvalue weighted by Gasteiger charge is 2.11. The molecule has 2 aromatic rings. The molecule has 0 saturated heterocycles. The summed E-state index contributed by atoms with van der Waals surface area (Å²) in [5.41, 5.74) is 2.79. The van der Waals surface area contributed by atoms with Gasteiger partial charge in [0.2, 0.25) is 10.0 Å². The minimum atomic E-state index is -3.73. The van der Waals surface area contributed by atoms with Crippen LogP contribution in [-0.2, 0) is 16.6 Å². The van der Waals surface area contributed by atoms with Crippen LogP contribution in [0.1, 0.15) is 16.7 Å². The number of rotatable bonds is 4. The molecule has 3 N–H and O–H groups in total. The van der Waals surface area contributed by atoms with Gasteiger partial charge in [-0.3, -0.25) is 0 Å². The fraction of sp³-hybridized carbons (Fsp3) is 0.133. The van der Waals surface area contributed by atoms with Gasteiger partial charge in [0.15, 0.2) is 0 Å². The summed E-state index contributed by atoms with van der Waals surface area (Å²) in [7, 11) is -3.73. The highest BCUT2D eigenvalue weighted by atomic mass is 32.2. The van der Waals surface area contributed by atoms with Crippen LogP contribution in [-0.4, -0.2) is 8.42 Å². The lowest BCUT2D eigenvalue weighted by molar-refractivity contribution is 0.597. The fourth-order valence-corrected chi connectivity index (χ4v) is 2.78. The number of aryl methyl sites for hydroxylation is 1. The molecular formula is C15H15N3O2S. The van der Waals surface area contributed by atoms with E-state index < -0.39 is 10.0 Å². The van der Waals surface area contributed by atoms with Crippen molar-refractivity contribution in [2.45, 2.75) is 18.4 Å². The summed E-state index contributed by atoms with van der Waals surface area (Å²) in [5.74, 6) is 0. The van der Waals surface area contributed by atoms with Crippen molar-refractivity contribution < 1.29 is 8.42 Å². The van der Waals surface area contributed by atoms with E-state index in [-0.39, 0.29) is 4.90 Å². The topological polar surface area (TPSA) is 96.0 Å². The molecular weight excluding hydrogens is 286 g/mol. The summed E-state index contributed by atoms with van der Waals surface area (Å²) in [4.78, 5) is 0.110. The van der Waals surface area contributed by atoms with Crippen LogP contribution in [0.5, 0.6) is 0 Å². The lowest BCUT2D eigenvalue weighted by Gasteiger charge is -2.10. The fourth-order valence-electron chi connectivity index (χ4n) is 1.97. The van der Waals surface area contributed by atoms with Crippen molar-refractivity contribution >= 4 is 15.7 Å². The van der Waals surface area contributed by atoms with Crippen LogP contribution in [0.2, 0.25) is 0 Å². The smallest absolute Gasteiger partial charge is 0.238 e. The standard InChI is InChI=1S/C15H15N3O2S/c1-11-5-6-14(8-15(11)21(17,19)20)18-10-13-4-2-3-12(7-13)9-16/h2-8,18H,10H2,1H3,(H2,17,19,20). The van der Waals surface area contributed by atoms with Crippen LogP contribution in [0, 0.1) is 18.3 Å². The molecule has 0 amide bonds. The molecule has 0 aliphatic carbocycles. The van der Waals surface area contributed by atoms with E-state index >= 15 is 0 Å². The quantitative estimate of drug-likeness (QED) is 0.904. The number of nitriles is 1. The first-order valence-electron chi connectivity index (χ1n) is 6.26. The van der Waals surface area contributed by atoms with Gasteiger partial charge in [-0.05, 0) is 42.3 Å². The summed E-state index contributed by atoms with van der Waals surface area (Å²) >= 11 is 0. The average molecular weight is 301 g/mol. The Kier molecular flexibility index (Phi) is 4.26. The third-order valence-corrected chi connectivity index (χ3v) is 4.10. The summed E-state index contributed by atoms with van der Waals surface area (Å²) in [6.45, 7) is 2.18. The second-order valence-corrected chi connectivity index (χ2v) is 6.22. The van der Waals surface area contributed by atoms with E-state index in [4.69, 9.17) is 10.4 Å². The van der Waals surface area contributed by atoms with Gasteiger partial charge in [-0.25, -0.2) is 13.6 Å². The molecule has 108 valence electrons. The van der Waals surface area contributed by atoms with E-state index in [1.54, 1.807) is 37.3 Å². The SMILES string of the molecule is Cc1ccc(NCc2cccc(C#N)c2)cc1S(N)(=O)=O. The maximum atomic E-state index is 11.5. The molecule has 6 heteroatoms. The normalized spacial score (nSPS) is 10.9. The third-order valence-electron chi connectivity index (χ3n) is 3.05. The van der Waals surface area contributed by atoms with Gasteiger partial charge in [0.05, 0.1) is 16.5 Å². The first-order chi connectivity index (χ1) is 9.90. The van der Waals surface area contributed by atoms with Crippen LogP contribution in [0.15, 0.2) is 47.4 Å². The monoisotopic (exact) mass is 301 g/mol. The molecule has 5 nitrogen and oxygen atoms in total. The first-order valence-corrected chi connectivity index (χ1v) is 7.81. The van der Waals surface area contributed by atoms with Crippen molar-refractivity contribution in [3.8, 4) is 6.07 Å². The van der Waals surface area contributed by atoms with Crippen LogP contribution in [0.25, 0.3) is 0 Å². The molecule has 2 aromatic carbocycles. The van der Waals surface area contributed by atoms with Crippen molar-refractivity contribution in [3.05, 3.63) is 59.2 Å². The molecule has 21 heavy (non-hydrogen) atoms. The van der Waals surface area contributed by atoms with Crippen molar-refractivity contribution in [1.29, 1.82) is 5.26 Å². The number of nitrogens with one attached hydrogen (secondary N) is 1. The Hall–Kier alpha value is -2.36. The molecule has 0 unspecified atom stereocenters. The molecule has 0 fully saturated rings. The molecule has 0 saturated carbocycles. The number of nitrogens with zero attached hydrogens (tertiary/aromatic N) is 1. The largest absolute Gasteiger partial charge is 0.381 e. The van der Waals surface area contributed by atoms with Gasteiger partial charge in [0.1, 0.15) is 0 Å². The van der Waals surface area contributed by atoms with Gasteiger partial charge >= 0.3 is 0 Å². The number of nitrogens with two attached hydrogens (primary N) is 1. The molecule has 0 aliphatic heterocycles. The lowest BCUT2D eigenvalue weighted by Crippen LogP contribution is -2.14. The van der Waals surface area contributed by atoms with Crippen LogP contribution in [0.3, 0.4) is 0 Å². The second-order valence-electron chi connectivity index (χ2n) is 4.69. The van der Waals surface area contributed by atoms with Crippen molar-refractivity contribution in [2.75, 3.05) is 5.32 Å². The molecule has 0 aliphatic rings. The second kappa shape index (κ2) is 5.95. The Bertz CT molecular complexity index is 808.